The van der Waals surface area contributed by atoms with Crippen molar-refractivity contribution in [2.75, 3.05) is 26.2 Å². The number of hydrogen-bond acceptors (Lipinski definition) is 5. The van der Waals surface area contributed by atoms with Gasteiger partial charge in [0.2, 0.25) is 5.91 Å². The Morgan fingerprint density at radius 2 is 2.00 bits per heavy atom. The van der Waals surface area contributed by atoms with Crippen molar-refractivity contribution in [2.45, 2.75) is 39.7 Å². The number of likely N-dealkylation sites (tertiary alicyclic amines) is 1. The minimum Gasteiger partial charge on any atom is -0.369 e. The zero-order chi connectivity index (χ0) is 21.7. The average Bonchev–Trinajstić information content (AvgIpc) is 2.73. The van der Waals surface area contributed by atoms with Gasteiger partial charge >= 0.3 is 0 Å². The molecule has 30 heavy (non-hydrogen) atoms. The van der Waals surface area contributed by atoms with Crippen molar-refractivity contribution in [1.82, 2.24) is 20.0 Å². The number of nitrogens with two attached hydrogens (primary N) is 1. The predicted molar refractivity (Wildman–Crippen MR) is 116 cm³/mol. The molecule has 1 aromatic carbocycles. The molecule has 8 nitrogen and oxygen atoms in total. The van der Waals surface area contributed by atoms with Crippen molar-refractivity contribution in [2.24, 2.45) is 17.6 Å². The standard InChI is InChI=1S/C22H31N5O3/c1-15(2)13-27-22(30)18-9-4-3-8-17(18)19(25-27)21(29)24-10-6-12-26-11-5-7-16(14-26)20(23)28/h3-4,8-9,15-16H,5-7,10-14H2,1-2H3,(H2,23,28)(H,24,29). The first-order valence-corrected chi connectivity index (χ1v) is 10.7. The van der Waals surface area contributed by atoms with E-state index in [-0.39, 0.29) is 34.9 Å². The highest BCUT2D eigenvalue weighted by Crippen LogP contribution is 2.16. The number of carbonyl (C=O) groups excluding carboxylic acids is 2. The number of hydrogen-bond donors (Lipinski definition) is 2. The van der Waals surface area contributed by atoms with E-state index >= 15 is 0 Å². The van der Waals surface area contributed by atoms with Crippen molar-refractivity contribution in [3.8, 4) is 0 Å². The number of aromatic nitrogens is 2. The van der Waals surface area contributed by atoms with Gasteiger partial charge in [0.1, 0.15) is 0 Å². The van der Waals surface area contributed by atoms with Crippen LogP contribution in [-0.4, -0.2) is 52.7 Å². The summed E-state index contributed by atoms with van der Waals surface area (Å²) >= 11 is 0. The lowest BCUT2D eigenvalue weighted by molar-refractivity contribution is -0.123. The molecule has 1 atom stereocenters. The Labute approximate surface area is 176 Å². The number of benzene rings is 1. The second-order valence-electron chi connectivity index (χ2n) is 8.43. The van der Waals surface area contributed by atoms with Crippen LogP contribution in [0.2, 0.25) is 0 Å². The predicted octanol–water partition coefficient (Wildman–Crippen LogP) is 1.37. The molecular formula is C22H31N5O3. The molecule has 8 heteroatoms. The van der Waals surface area contributed by atoms with Crippen LogP contribution in [0.5, 0.6) is 0 Å². The molecule has 0 saturated carbocycles. The Balaban J connectivity index is 1.64. The first-order chi connectivity index (χ1) is 14.4. The van der Waals surface area contributed by atoms with Gasteiger partial charge in [0, 0.05) is 25.0 Å². The molecule has 3 N–H and O–H groups in total. The lowest BCUT2D eigenvalue weighted by Crippen LogP contribution is -2.42. The molecule has 2 heterocycles. The number of amides is 2. The van der Waals surface area contributed by atoms with E-state index in [1.54, 1.807) is 24.3 Å². The summed E-state index contributed by atoms with van der Waals surface area (Å²) in [7, 11) is 0. The van der Waals surface area contributed by atoms with Gasteiger partial charge in [-0.05, 0) is 44.3 Å². The van der Waals surface area contributed by atoms with Crippen LogP contribution < -0.4 is 16.6 Å². The zero-order valence-electron chi connectivity index (χ0n) is 17.8. The molecule has 162 valence electrons. The highest BCUT2D eigenvalue weighted by Gasteiger charge is 2.23. The third kappa shape index (κ3) is 5.24. The summed E-state index contributed by atoms with van der Waals surface area (Å²) in [6.07, 6.45) is 2.58. The van der Waals surface area contributed by atoms with Crippen LogP contribution >= 0.6 is 0 Å². The number of nitrogens with zero attached hydrogens (tertiary/aromatic N) is 3. The Morgan fingerprint density at radius 1 is 1.27 bits per heavy atom. The number of fused-ring (bicyclic) bond motifs is 1. The minimum atomic E-state index is -0.280. The summed E-state index contributed by atoms with van der Waals surface area (Å²) < 4.78 is 1.39. The van der Waals surface area contributed by atoms with Crippen LogP contribution in [0.15, 0.2) is 29.1 Å². The van der Waals surface area contributed by atoms with E-state index in [9.17, 15) is 14.4 Å². The Bertz CT molecular complexity index is 969. The molecule has 1 unspecified atom stereocenters. The molecule has 1 aromatic heterocycles. The topological polar surface area (TPSA) is 110 Å². The van der Waals surface area contributed by atoms with E-state index < -0.39 is 0 Å². The van der Waals surface area contributed by atoms with Crippen molar-refractivity contribution in [3.05, 3.63) is 40.3 Å². The second-order valence-corrected chi connectivity index (χ2v) is 8.43. The van der Waals surface area contributed by atoms with Crippen molar-refractivity contribution < 1.29 is 9.59 Å². The first kappa shape index (κ1) is 22.0. The summed E-state index contributed by atoms with van der Waals surface area (Å²) in [4.78, 5) is 39.1. The average molecular weight is 414 g/mol. The third-order valence-corrected chi connectivity index (χ3v) is 5.47. The highest BCUT2D eigenvalue weighted by atomic mass is 16.2. The Morgan fingerprint density at radius 3 is 2.70 bits per heavy atom. The highest BCUT2D eigenvalue weighted by molar-refractivity contribution is 6.04. The number of carbonyl (C=O) groups is 2. The molecule has 1 aliphatic heterocycles. The number of nitrogens with one attached hydrogen (secondary N) is 1. The van der Waals surface area contributed by atoms with Crippen LogP contribution in [0.25, 0.3) is 10.8 Å². The molecule has 3 rings (SSSR count). The number of piperidine rings is 1. The van der Waals surface area contributed by atoms with Gasteiger partial charge in [-0.15, -0.1) is 0 Å². The molecule has 0 aliphatic carbocycles. The maximum Gasteiger partial charge on any atom is 0.274 e. The number of rotatable bonds is 8. The summed E-state index contributed by atoms with van der Waals surface area (Å²) in [5.74, 6) is -0.355. The van der Waals surface area contributed by atoms with Crippen LogP contribution in [0.3, 0.4) is 0 Å². The van der Waals surface area contributed by atoms with E-state index in [1.807, 2.05) is 13.8 Å². The van der Waals surface area contributed by atoms with Gasteiger partial charge < -0.3 is 16.0 Å². The second kappa shape index (κ2) is 9.84. The molecule has 2 aromatic rings. The van der Waals surface area contributed by atoms with E-state index in [2.05, 4.69) is 15.3 Å². The van der Waals surface area contributed by atoms with Gasteiger partial charge in [-0.2, -0.15) is 5.10 Å². The fraction of sp³-hybridized carbons (Fsp3) is 0.545. The molecule has 1 aliphatic rings. The smallest absolute Gasteiger partial charge is 0.274 e. The Kier molecular flexibility index (Phi) is 7.20. The molecule has 1 fully saturated rings. The summed E-state index contributed by atoms with van der Waals surface area (Å²) in [6.45, 7) is 7.40. The molecule has 2 amide bonds. The first-order valence-electron chi connectivity index (χ1n) is 10.7. The van der Waals surface area contributed by atoms with E-state index in [4.69, 9.17) is 5.73 Å². The van der Waals surface area contributed by atoms with Crippen LogP contribution in [0, 0.1) is 11.8 Å². The fourth-order valence-electron chi connectivity index (χ4n) is 3.95. The largest absolute Gasteiger partial charge is 0.369 e. The van der Waals surface area contributed by atoms with Gasteiger partial charge in [-0.1, -0.05) is 32.0 Å². The van der Waals surface area contributed by atoms with Crippen LogP contribution in [-0.2, 0) is 11.3 Å². The van der Waals surface area contributed by atoms with E-state index in [0.29, 0.717) is 30.4 Å². The molecule has 0 radical (unpaired) electrons. The monoisotopic (exact) mass is 413 g/mol. The third-order valence-electron chi connectivity index (χ3n) is 5.47. The molecule has 0 bridgehead atoms. The van der Waals surface area contributed by atoms with Gasteiger partial charge in [-0.25, -0.2) is 4.68 Å². The van der Waals surface area contributed by atoms with Crippen molar-refractivity contribution >= 4 is 22.6 Å². The molecular weight excluding hydrogens is 382 g/mol. The zero-order valence-corrected chi connectivity index (χ0v) is 17.8. The van der Waals surface area contributed by atoms with Gasteiger partial charge in [0.05, 0.1) is 11.3 Å². The van der Waals surface area contributed by atoms with Crippen LogP contribution in [0.1, 0.15) is 43.6 Å². The van der Waals surface area contributed by atoms with E-state index in [0.717, 1.165) is 32.4 Å². The summed E-state index contributed by atoms with van der Waals surface area (Å²) in [5, 5.41) is 8.37. The lowest BCUT2D eigenvalue weighted by Gasteiger charge is -2.31. The maximum absolute atomic E-state index is 12.8. The maximum atomic E-state index is 12.8. The SMILES string of the molecule is CC(C)Cn1nc(C(=O)NCCCN2CCCC(C(N)=O)C2)c2ccccc2c1=O. The van der Waals surface area contributed by atoms with Crippen molar-refractivity contribution in [1.29, 1.82) is 0 Å². The lowest BCUT2D eigenvalue weighted by atomic mass is 9.97. The summed E-state index contributed by atoms with van der Waals surface area (Å²) in [6, 6.07) is 7.09. The molecule has 0 spiro atoms. The quantitative estimate of drug-likeness (QED) is 0.635. The summed E-state index contributed by atoms with van der Waals surface area (Å²) in [5.41, 5.74) is 5.53. The number of primary amides is 1. The Hall–Kier alpha value is -2.74. The normalized spacial score (nSPS) is 17.4. The van der Waals surface area contributed by atoms with Crippen molar-refractivity contribution in [3.63, 3.8) is 0 Å². The van der Waals surface area contributed by atoms with Gasteiger partial charge in [-0.3, -0.25) is 14.4 Å². The van der Waals surface area contributed by atoms with E-state index in [1.165, 1.54) is 4.68 Å². The molecule has 1 saturated heterocycles. The minimum absolute atomic E-state index is 0.0779. The fourth-order valence-corrected chi connectivity index (χ4v) is 3.95. The van der Waals surface area contributed by atoms with Gasteiger partial charge in [0.15, 0.2) is 5.69 Å². The van der Waals surface area contributed by atoms with Gasteiger partial charge in [0.25, 0.3) is 11.5 Å². The van der Waals surface area contributed by atoms with Crippen LogP contribution in [0.4, 0.5) is 0 Å².